The molecule has 4 rings (SSSR count). The van der Waals surface area contributed by atoms with Crippen molar-refractivity contribution in [1.29, 1.82) is 0 Å². The van der Waals surface area contributed by atoms with Crippen LogP contribution >= 0.6 is 0 Å². The van der Waals surface area contributed by atoms with Gasteiger partial charge in [0.2, 0.25) is 5.91 Å². The number of Topliss-reactive ketones (excluding diaryl/α,β-unsaturated/α-hetero) is 1. The first kappa shape index (κ1) is 20.8. The number of ether oxygens (including phenoxy) is 1. The molecule has 0 saturated heterocycles. The van der Waals surface area contributed by atoms with Crippen molar-refractivity contribution in [3.63, 3.8) is 0 Å². The second-order valence-corrected chi connectivity index (χ2v) is 8.05. The molecule has 1 saturated carbocycles. The highest BCUT2D eigenvalue weighted by molar-refractivity contribution is 6.02. The first-order valence-corrected chi connectivity index (χ1v) is 10.2. The standard InChI is InChI=1S/C26H24FNO3.H2/c1-16-4-8-20(15-23(16)22-11-5-18(17(2)29)14-24(22)27)28-25(30)26(12-13-26)19-6-9-21(31-3)10-7-19;/h4-11,14-15H,12-13H2,1-3H3,(H,28,30);1H. The lowest BCUT2D eigenvalue weighted by Gasteiger charge is -2.17. The Labute approximate surface area is 182 Å². The highest BCUT2D eigenvalue weighted by Crippen LogP contribution is 2.49. The SMILES string of the molecule is COc1ccc(C2(C(=O)Nc3ccc(C)c(-c4ccc(C(C)=O)cc4F)c3)CC2)cc1.[HH]. The molecule has 31 heavy (non-hydrogen) atoms. The van der Waals surface area contributed by atoms with Crippen LogP contribution in [0.4, 0.5) is 10.1 Å². The molecule has 0 unspecified atom stereocenters. The molecular formula is C26H26FNO3. The van der Waals surface area contributed by atoms with Gasteiger partial charge in [-0.3, -0.25) is 9.59 Å². The van der Waals surface area contributed by atoms with Crippen molar-refractivity contribution in [1.82, 2.24) is 0 Å². The molecule has 1 fully saturated rings. The van der Waals surface area contributed by atoms with Crippen molar-refractivity contribution >= 4 is 17.4 Å². The molecule has 4 nitrogen and oxygen atoms in total. The Morgan fingerprint density at radius 1 is 1.00 bits per heavy atom. The topological polar surface area (TPSA) is 55.4 Å². The Morgan fingerprint density at radius 2 is 1.71 bits per heavy atom. The summed E-state index contributed by atoms with van der Waals surface area (Å²) in [6, 6.07) is 17.5. The number of amides is 1. The number of nitrogens with one attached hydrogen (secondary N) is 1. The molecule has 160 valence electrons. The van der Waals surface area contributed by atoms with Crippen LogP contribution < -0.4 is 10.1 Å². The maximum absolute atomic E-state index is 14.7. The van der Waals surface area contributed by atoms with Crippen molar-refractivity contribution in [2.75, 3.05) is 12.4 Å². The number of hydrogen-bond donors (Lipinski definition) is 1. The van der Waals surface area contributed by atoms with Crippen molar-refractivity contribution in [2.24, 2.45) is 0 Å². The van der Waals surface area contributed by atoms with Gasteiger partial charge < -0.3 is 10.1 Å². The zero-order valence-corrected chi connectivity index (χ0v) is 17.8. The van der Waals surface area contributed by atoms with Crippen LogP contribution in [0.25, 0.3) is 11.1 Å². The zero-order chi connectivity index (χ0) is 22.2. The first-order valence-electron chi connectivity index (χ1n) is 10.2. The summed E-state index contributed by atoms with van der Waals surface area (Å²) in [4.78, 5) is 24.6. The average Bonchev–Trinajstić information content (AvgIpc) is 3.57. The van der Waals surface area contributed by atoms with Crippen molar-refractivity contribution < 1.29 is 20.1 Å². The van der Waals surface area contributed by atoms with Crippen LogP contribution in [0.3, 0.4) is 0 Å². The lowest BCUT2D eigenvalue weighted by Crippen LogP contribution is -2.27. The zero-order valence-electron chi connectivity index (χ0n) is 17.8. The van der Waals surface area contributed by atoms with E-state index in [-0.39, 0.29) is 13.1 Å². The number of rotatable bonds is 6. The Bertz CT molecular complexity index is 1170. The van der Waals surface area contributed by atoms with E-state index in [0.29, 0.717) is 22.4 Å². The third-order valence-corrected chi connectivity index (χ3v) is 5.99. The monoisotopic (exact) mass is 419 g/mol. The summed E-state index contributed by atoms with van der Waals surface area (Å²) in [5.41, 5.74) is 3.33. The molecule has 0 heterocycles. The van der Waals surface area contributed by atoms with Crippen LogP contribution in [0.5, 0.6) is 5.75 Å². The number of carbonyl (C=O) groups is 2. The van der Waals surface area contributed by atoms with Crippen LogP contribution in [0.15, 0.2) is 60.7 Å². The van der Waals surface area contributed by atoms with Crippen molar-refractivity contribution in [3.8, 4) is 16.9 Å². The molecule has 0 aliphatic heterocycles. The lowest BCUT2D eigenvalue weighted by molar-refractivity contribution is -0.118. The lowest BCUT2D eigenvalue weighted by atomic mass is 9.94. The Hall–Kier alpha value is -3.47. The predicted molar refractivity (Wildman–Crippen MR) is 121 cm³/mol. The smallest absolute Gasteiger partial charge is 0.235 e. The van der Waals surface area contributed by atoms with Gasteiger partial charge in [0.1, 0.15) is 11.6 Å². The van der Waals surface area contributed by atoms with Crippen LogP contribution in [-0.4, -0.2) is 18.8 Å². The molecule has 0 spiro atoms. The molecule has 1 amide bonds. The van der Waals surface area contributed by atoms with Gasteiger partial charge in [-0.2, -0.15) is 0 Å². The molecule has 1 aliphatic rings. The minimum absolute atomic E-state index is 0. The van der Waals surface area contributed by atoms with E-state index in [2.05, 4.69) is 5.32 Å². The first-order chi connectivity index (χ1) is 14.8. The van der Waals surface area contributed by atoms with Gasteiger partial charge in [-0.15, -0.1) is 0 Å². The van der Waals surface area contributed by atoms with E-state index in [0.717, 1.165) is 29.7 Å². The highest BCUT2D eigenvalue weighted by atomic mass is 19.1. The number of anilines is 1. The fourth-order valence-electron chi connectivity index (χ4n) is 3.88. The molecule has 0 aromatic heterocycles. The molecule has 0 atom stereocenters. The van der Waals surface area contributed by atoms with Gasteiger partial charge >= 0.3 is 0 Å². The van der Waals surface area contributed by atoms with E-state index in [1.54, 1.807) is 25.3 Å². The molecule has 1 aliphatic carbocycles. The second-order valence-electron chi connectivity index (χ2n) is 8.05. The van der Waals surface area contributed by atoms with E-state index in [1.807, 2.05) is 43.3 Å². The number of hydrogen-bond acceptors (Lipinski definition) is 3. The highest BCUT2D eigenvalue weighted by Gasteiger charge is 2.51. The molecule has 5 heteroatoms. The quantitative estimate of drug-likeness (QED) is 0.504. The Morgan fingerprint density at radius 3 is 2.29 bits per heavy atom. The number of aryl methyl sites for hydroxylation is 1. The van der Waals surface area contributed by atoms with E-state index >= 15 is 0 Å². The van der Waals surface area contributed by atoms with Crippen molar-refractivity contribution in [2.45, 2.75) is 32.1 Å². The summed E-state index contributed by atoms with van der Waals surface area (Å²) in [6.45, 7) is 3.30. The minimum Gasteiger partial charge on any atom is -0.497 e. The minimum atomic E-state index is -0.536. The summed E-state index contributed by atoms with van der Waals surface area (Å²) in [5, 5.41) is 3.01. The van der Waals surface area contributed by atoms with Gasteiger partial charge in [0.05, 0.1) is 12.5 Å². The summed E-state index contributed by atoms with van der Waals surface area (Å²) >= 11 is 0. The van der Waals surface area contributed by atoms with Crippen LogP contribution in [0.2, 0.25) is 0 Å². The summed E-state index contributed by atoms with van der Waals surface area (Å²) in [7, 11) is 1.61. The largest absolute Gasteiger partial charge is 0.497 e. The fourth-order valence-corrected chi connectivity index (χ4v) is 3.88. The molecule has 0 bridgehead atoms. The second kappa shape index (κ2) is 7.99. The van der Waals surface area contributed by atoms with Crippen LogP contribution in [-0.2, 0) is 10.2 Å². The Balaban J connectivity index is 0.00000289. The maximum Gasteiger partial charge on any atom is 0.235 e. The molecule has 3 aromatic carbocycles. The predicted octanol–water partition coefficient (Wildman–Crippen LogP) is 5.93. The molecule has 0 radical (unpaired) electrons. The fraction of sp³-hybridized carbons (Fsp3) is 0.231. The third-order valence-electron chi connectivity index (χ3n) is 5.99. The van der Waals surface area contributed by atoms with E-state index < -0.39 is 11.2 Å². The number of ketones is 1. The molecule has 1 N–H and O–H groups in total. The number of carbonyl (C=O) groups excluding carboxylic acids is 2. The molecular weight excluding hydrogens is 393 g/mol. The van der Waals surface area contributed by atoms with Gasteiger partial charge in [-0.25, -0.2) is 4.39 Å². The van der Waals surface area contributed by atoms with Gasteiger partial charge in [0.15, 0.2) is 5.78 Å². The van der Waals surface area contributed by atoms with Crippen LogP contribution in [0, 0.1) is 12.7 Å². The number of benzene rings is 3. The summed E-state index contributed by atoms with van der Waals surface area (Å²) < 4.78 is 19.9. The number of halogens is 1. The van der Waals surface area contributed by atoms with E-state index in [1.165, 1.54) is 13.0 Å². The van der Waals surface area contributed by atoms with E-state index in [9.17, 15) is 14.0 Å². The van der Waals surface area contributed by atoms with Gasteiger partial charge in [-0.1, -0.05) is 30.3 Å². The Kier molecular flexibility index (Phi) is 5.36. The number of methoxy groups -OCH3 is 1. The normalized spacial score (nSPS) is 14.1. The average molecular weight is 419 g/mol. The van der Waals surface area contributed by atoms with Crippen LogP contribution in [0.1, 0.15) is 42.7 Å². The summed E-state index contributed by atoms with van der Waals surface area (Å²) in [5.74, 6) is 0.0356. The third kappa shape index (κ3) is 3.96. The maximum atomic E-state index is 14.7. The van der Waals surface area contributed by atoms with Gasteiger partial charge in [0.25, 0.3) is 0 Å². The van der Waals surface area contributed by atoms with E-state index in [4.69, 9.17) is 4.74 Å². The van der Waals surface area contributed by atoms with Crippen molar-refractivity contribution in [3.05, 3.63) is 83.2 Å². The van der Waals surface area contributed by atoms with Gasteiger partial charge in [-0.05, 0) is 73.7 Å². The molecule has 3 aromatic rings. The summed E-state index contributed by atoms with van der Waals surface area (Å²) in [6.07, 6.45) is 1.57. The van der Waals surface area contributed by atoms with Gasteiger partial charge in [0, 0.05) is 18.2 Å².